The van der Waals surface area contributed by atoms with Gasteiger partial charge in [-0.25, -0.2) is 9.48 Å². The molecule has 2 aromatic heterocycles. The maximum Gasteiger partial charge on any atom is 0.350 e. The van der Waals surface area contributed by atoms with Crippen LogP contribution in [0.4, 0.5) is 0 Å². The minimum atomic E-state index is -0.316. The molecular weight excluding hydrogens is 384 g/mol. The van der Waals surface area contributed by atoms with Crippen LogP contribution >= 0.6 is 0 Å². The maximum absolute atomic E-state index is 12.7. The highest BCUT2D eigenvalue weighted by atomic mass is 16.7. The largest absolute Gasteiger partial charge is 0.454 e. The molecule has 1 saturated carbocycles. The van der Waals surface area contributed by atoms with Crippen molar-refractivity contribution in [3.63, 3.8) is 0 Å². The standard InChI is InChI=1S/C22H24N4O4/c27-20(13-26-21(28)25-11-5-2-6-19(25)24-26)23-14-22(9-3-1-4-10-22)16-7-8-17-18(12-16)30-15-29-17/h2,5-8,11-12H,1,3-4,9-10,13-15H2,(H,23,27). The van der Waals surface area contributed by atoms with E-state index in [2.05, 4.69) is 16.5 Å². The van der Waals surface area contributed by atoms with Crippen LogP contribution in [-0.2, 0) is 16.8 Å². The van der Waals surface area contributed by atoms with Crippen molar-refractivity contribution in [2.75, 3.05) is 13.3 Å². The van der Waals surface area contributed by atoms with Gasteiger partial charge in [-0.15, -0.1) is 5.10 Å². The highest BCUT2D eigenvalue weighted by molar-refractivity contribution is 5.75. The summed E-state index contributed by atoms with van der Waals surface area (Å²) in [5.41, 5.74) is 1.23. The van der Waals surface area contributed by atoms with Gasteiger partial charge in [-0.1, -0.05) is 31.4 Å². The van der Waals surface area contributed by atoms with E-state index in [0.717, 1.165) is 42.7 Å². The molecular formula is C22H24N4O4. The van der Waals surface area contributed by atoms with Crippen molar-refractivity contribution in [2.24, 2.45) is 0 Å². The molecule has 8 nitrogen and oxygen atoms in total. The van der Waals surface area contributed by atoms with E-state index in [9.17, 15) is 9.59 Å². The van der Waals surface area contributed by atoms with Crippen molar-refractivity contribution in [1.29, 1.82) is 0 Å². The van der Waals surface area contributed by atoms with Gasteiger partial charge in [-0.2, -0.15) is 0 Å². The number of pyridine rings is 1. The van der Waals surface area contributed by atoms with Crippen LogP contribution in [0.25, 0.3) is 5.65 Å². The van der Waals surface area contributed by atoms with E-state index in [4.69, 9.17) is 9.47 Å². The van der Waals surface area contributed by atoms with Gasteiger partial charge in [0, 0.05) is 18.2 Å². The third kappa shape index (κ3) is 3.32. The topological polar surface area (TPSA) is 86.9 Å². The number of nitrogens with one attached hydrogen (secondary N) is 1. The molecule has 1 aromatic carbocycles. The van der Waals surface area contributed by atoms with E-state index in [1.807, 2.05) is 18.2 Å². The molecule has 1 N–H and O–H groups in total. The minimum absolute atomic E-state index is 0.0995. The van der Waals surface area contributed by atoms with E-state index in [1.54, 1.807) is 18.3 Å². The summed E-state index contributed by atoms with van der Waals surface area (Å²) in [6, 6.07) is 11.4. The van der Waals surface area contributed by atoms with Gasteiger partial charge in [0.05, 0.1) is 0 Å². The minimum Gasteiger partial charge on any atom is -0.454 e. The highest BCUT2D eigenvalue weighted by Crippen LogP contribution is 2.43. The van der Waals surface area contributed by atoms with E-state index in [-0.39, 0.29) is 30.3 Å². The van der Waals surface area contributed by atoms with Gasteiger partial charge in [-0.3, -0.25) is 9.20 Å². The fourth-order valence-corrected chi connectivity index (χ4v) is 4.55. The molecule has 0 radical (unpaired) electrons. The molecule has 0 atom stereocenters. The van der Waals surface area contributed by atoms with Crippen molar-refractivity contribution in [3.8, 4) is 11.5 Å². The number of carbonyl (C=O) groups is 1. The van der Waals surface area contributed by atoms with Crippen molar-refractivity contribution < 1.29 is 14.3 Å². The van der Waals surface area contributed by atoms with Gasteiger partial charge in [-0.05, 0) is 42.7 Å². The number of hydrogen-bond donors (Lipinski definition) is 1. The Balaban J connectivity index is 1.33. The number of carbonyl (C=O) groups excluding carboxylic acids is 1. The first-order chi connectivity index (χ1) is 14.6. The normalized spacial score (nSPS) is 17.2. The lowest BCUT2D eigenvalue weighted by Crippen LogP contribution is -2.44. The van der Waals surface area contributed by atoms with Crippen LogP contribution in [-0.4, -0.2) is 33.4 Å². The van der Waals surface area contributed by atoms with Crippen LogP contribution in [0.15, 0.2) is 47.4 Å². The second-order valence-electron chi connectivity index (χ2n) is 8.05. The van der Waals surface area contributed by atoms with Crippen molar-refractivity contribution >= 4 is 11.6 Å². The Morgan fingerprint density at radius 1 is 1.10 bits per heavy atom. The summed E-state index contributed by atoms with van der Waals surface area (Å²) in [4.78, 5) is 25.1. The molecule has 0 spiro atoms. The molecule has 1 fully saturated rings. The van der Waals surface area contributed by atoms with Gasteiger partial charge in [0.15, 0.2) is 17.1 Å². The number of aromatic nitrogens is 3. The van der Waals surface area contributed by atoms with Crippen molar-refractivity contribution in [1.82, 2.24) is 19.5 Å². The molecule has 0 bridgehead atoms. The van der Waals surface area contributed by atoms with E-state index in [0.29, 0.717) is 12.2 Å². The summed E-state index contributed by atoms with van der Waals surface area (Å²) in [5.74, 6) is 1.31. The zero-order valence-corrected chi connectivity index (χ0v) is 16.7. The van der Waals surface area contributed by atoms with Crippen LogP contribution in [0.2, 0.25) is 0 Å². The lowest BCUT2D eigenvalue weighted by Gasteiger charge is -2.38. The molecule has 3 aromatic rings. The lowest BCUT2D eigenvalue weighted by atomic mass is 9.69. The Labute approximate surface area is 173 Å². The number of hydrogen-bond acceptors (Lipinski definition) is 5. The molecule has 1 aliphatic carbocycles. The smallest absolute Gasteiger partial charge is 0.350 e. The van der Waals surface area contributed by atoms with Crippen LogP contribution in [0.1, 0.15) is 37.7 Å². The fraction of sp³-hybridized carbons (Fsp3) is 0.409. The Morgan fingerprint density at radius 3 is 2.77 bits per heavy atom. The molecule has 0 saturated heterocycles. The molecule has 2 aliphatic rings. The number of fused-ring (bicyclic) bond motifs is 2. The van der Waals surface area contributed by atoms with Crippen LogP contribution < -0.4 is 20.5 Å². The molecule has 8 heteroatoms. The van der Waals surface area contributed by atoms with Gasteiger partial charge in [0.2, 0.25) is 12.7 Å². The molecule has 5 rings (SSSR count). The second-order valence-corrected chi connectivity index (χ2v) is 8.05. The first kappa shape index (κ1) is 18.7. The summed E-state index contributed by atoms with van der Waals surface area (Å²) in [6.45, 7) is 0.668. The average Bonchev–Trinajstić information content (AvgIpc) is 3.37. The predicted octanol–water partition coefficient (Wildman–Crippen LogP) is 2.24. The first-order valence-electron chi connectivity index (χ1n) is 10.4. The molecule has 30 heavy (non-hydrogen) atoms. The summed E-state index contributed by atoms with van der Waals surface area (Å²) in [6.07, 6.45) is 7.10. The summed E-state index contributed by atoms with van der Waals surface area (Å²) in [7, 11) is 0. The number of ether oxygens (including phenoxy) is 2. The average molecular weight is 408 g/mol. The van der Waals surface area contributed by atoms with Gasteiger partial charge in [0.1, 0.15) is 6.54 Å². The van der Waals surface area contributed by atoms with E-state index >= 15 is 0 Å². The van der Waals surface area contributed by atoms with E-state index < -0.39 is 0 Å². The summed E-state index contributed by atoms with van der Waals surface area (Å²) in [5, 5.41) is 7.30. The van der Waals surface area contributed by atoms with Crippen molar-refractivity contribution in [3.05, 3.63) is 58.6 Å². The fourth-order valence-electron chi connectivity index (χ4n) is 4.55. The molecule has 0 unspecified atom stereocenters. The van der Waals surface area contributed by atoms with Crippen LogP contribution in [0, 0.1) is 0 Å². The Bertz CT molecular complexity index is 1140. The van der Waals surface area contributed by atoms with Gasteiger partial charge < -0.3 is 14.8 Å². The number of rotatable bonds is 5. The zero-order chi connectivity index (χ0) is 20.6. The van der Waals surface area contributed by atoms with Gasteiger partial charge >= 0.3 is 5.69 Å². The highest BCUT2D eigenvalue weighted by Gasteiger charge is 2.35. The maximum atomic E-state index is 12.7. The number of benzene rings is 1. The predicted molar refractivity (Wildman–Crippen MR) is 110 cm³/mol. The van der Waals surface area contributed by atoms with Crippen LogP contribution in [0.5, 0.6) is 11.5 Å². The van der Waals surface area contributed by atoms with Crippen molar-refractivity contribution in [2.45, 2.75) is 44.1 Å². The first-order valence-corrected chi connectivity index (χ1v) is 10.4. The number of nitrogens with zero attached hydrogens (tertiary/aromatic N) is 3. The molecule has 1 amide bonds. The third-order valence-electron chi connectivity index (χ3n) is 6.20. The SMILES string of the molecule is O=C(Cn1nc2ccccn2c1=O)NCC1(c2ccc3c(c2)OCO3)CCCCC1. The molecule has 156 valence electrons. The Hall–Kier alpha value is -3.29. The Kier molecular flexibility index (Phi) is 4.69. The molecule has 1 aliphatic heterocycles. The third-order valence-corrected chi connectivity index (χ3v) is 6.20. The van der Waals surface area contributed by atoms with Crippen LogP contribution in [0.3, 0.4) is 0 Å². The number of amides is 1. The lowest BCUT2D eigenvalue weighted by molar-refractivity contribution is -0.122. The Morgan fingerprint density at radius 2 is 1.93 bits per heavy atom. The monoisotopic (exact) mass is 408 g/mol. The quantitative estimate of drug-likeness (QED) is 0.700. The summed E-state index contributed by atoms with van der Waals surface area (Å²) >= 11 is 0. The zero-order valence-electron chi connectivity index (χ0n) is 16.7. The van der Waals surface area contributed by atoms with Gasteiger partial charge in [0.25, 0.3) is 0 Å². The second kappa shape index (κ2) is 7.51. The van der Waals surface area contributed by atoms with E-state index in [1.165, 1.54) is 15.5 Å². The summed E-state index contributed by atoms with van der Waals surface area (Å²) < 4.78 is 13.6. The molecule has 3 heterocycles.